The van der Waals surface area contributed by atoms with Gasteiger partial charge in [0.1, 0.15) is 0 Å². The van der Waals surface area contributed by atoms with Crippen LogP contribution in [0.1, 0.15) is 12.0 Å². The van der Waals surface area contributed by atoms with Crippen LogP contribution in [-0.4, -0.2) is 55.1 Å². The zero-order chi connectivity index (χ0) is 15.5. The molecule has 0 saturated carbocycles. The van der Waals surface area contributed by atoms with Gasteiger partial charge < -0.3 is 9.64 Å². The molecule has 1 amide bonds. The number of rotatable bonds is 3. The molecule has 0 aromatic heterocycles. The first-order valence-corrected chi connectivity index (χ1v) is 7.53. The van der Waals surface area contributed by atoms with Crippen LogP contribution in [0, 0.1) is 10.1 Å². The van der Waals surface area contributed by atoms with E-state index >= 15 is 0 Å². The molecule has 1 aromatic rings. The van der Waals surface area contributed by atoms with E-state index < -0.39 is 4.92 Å². The first-order valence-electron chi connectivity index (χ1n) is 7.53. The van der Waals surface area contributed by atoms with Crippen LogP contribution in [0.25, 0.3) is 0 Å². The average molecular weight is 305 g/mol. The molecule has 0 unspecified atom stereocenters. The number of amides is 1. The van der Waals surface area contributed by atoms with Crippen LogP contribution >= 0.6 is 0 Å². The van der Waals surface area contributed by atoms with E-state index in [0.29, 0.717) is 32.0 Å². The lowest BCUT2D eigenvalue weighted by molar-refractivity contribution is -0.384. The van der Waals surface area contributed by atoms with Crippen molar-refractivity contribution in [3.8, 4) is 0 Å². The van der Waals surface area contributed by atoms with Crippen molar-refractivity contribution in [2.45, 2.75) is 12.8 Å². The van der Waals surface area contributed by atoms with Crippen LogP contribution in [-0.2, 0) is 16.0 Å². The summed E-state index contributed by atoms with van der Waals surface area (Å²) in [6.45, 7) is 3.76. The van der Waals surface area contributed by atoms with Crippen molar-refractivity contribution in [1.82, 2.24) is 4.90 Å². The number of carbonyl (C=O) groups excluding carboxylic acids is 1. The van der Waals surface area contributed by atoms with Gasteiger partial charge in [0.2, 0.25) is 5.91 Å². The Bertz CT molecular complexity index is 584. The molecule has 1 saturated heterocycles. The fourth-order valence-corrected chi connectivity index (χ4v) is 2.97. The second kappa shape index (κ2) is 6.41. The molecule has 1 fully saturated rings. The SMILES string of the molecule is O=C(CN1CCOCC1)N1CCCc2ccc([N+](=O)[O-])cc21. The average Bonchev–Trinajstić information content (AvgIpc) is 2.54. The summed E-state index contributed by atoms with van der Waals surface area (Å²) in [6, 6.07) is 4.79. The smallest absolute Gasteiger partial charge is 0.271 e. The number of hydrogen-bond donors (Lipinski definition) is 0. The van der Waals surface area contributed by atoms with Gasteiger partial charge in [0.15, 0.2) is 0 Å². The van der Waals surface area contributed by atoms with Gasteiger partial charge in [-0.1, -0.05) is 6.07 Å². The van der Waals surface area contributed by atoms with Gasteiger partial charge in [0.25, 0.3) is 5.69 Å². The van der Waals surface area contributed by atoms with Crippen molar-refractivity contribution >= 4 is 17.3 Å². The summed E-state index contributed by atoms with van der Waals surface area (Å²) < 4.78 is 5.28. The van der Waals surface area contributed by atoms with E-state index in [-0.39, 0.29) is 11.6 Å². The van der Waals surface area contributed by atoms with Crippen LogP contribution < -0.4 is 4.90 Å². The highest BCUT2D eigenvalue weighted by Crippen LogP contribution is 2.31. The van der Waals surface area contributed by atoms with Crippen LogP contribution in [0.2, 0.25) is 0 Å². The van der Waals surface area contributed by atoms with Crippen molar-refractivity contribution in [2.75, 3.05) is 44.3 Å². The third-order valence-corrected chi connectivity index (χ3v) is 4.16. The Kier molecular flexibility index (Phi) is 4.35. The minimum atomic E-state index is -0.417. The predicted octanol–water partition coefficient (Wildman–Crippen LogP) is 1.21. The summed E-state index contributed by atoms with van der Waals surface area (Å²) in [5, 5.41) is 11.0. The quantitative estimate of drug-likeness (QED) is 0.619. The Hall–Kier alpha value is -1.99. The van der Waals surface area contributed by atoms with E-state index in [4.69, 9.17) is 4.74 Å². The summed E-state index contributed by atoms with van der Waals surface area (Å²) in [5.41, 5.74) is 1.73. The highest BCUT2D eigenvalue weighted by Gasteiger charge is 2.26. The van der Waals surface area contributed by atoms with E-state index in [1.54, 1.807) is 11.0 Å². The van der Waals surface area contributed by atoms with Crippen molar-refractivity contribution in [3.05, 3.63) is 33.9 Å². The lowest BCUT2D eigenvalue weighted by Crippen LogP contribution is -2.46. The molecule has 22 heavy (non-hydrogen) atoms. The summed E-state index contributed by atoms with van der Waals surface area (Å²) in [6.07, 6.45) is 1.74. The molecule has 7 nitrogen and oxygen atoms in total. The molecule has 118 valence electrons. The number of aryl methyl sites for hydroxylation is 1. The number of nitro groups is 1. The van der Waals surface area contributed by atoms with Crippen molar-refractivity contribution in [3.63, 3.8) is 0 Å². The molecule has 0 spiro atoms. The standard InChI is InChI=1S/C15H19N3O4/c19-15(11-16-6-8-22-9-7-16)17-5-1-2-12-3-4-13(18(20)21)10-14(12)17/h3-4,10H,1-2,5-9,11H2. The first kappa shape index (κ1) is 14.9. The van der Waals surface area contributed by atoms with Gasteiger partial charge in [0, 0.05) is 31.8 Å². The monoisotopic (exact) mass is 305 g/mol. The van der Waals surface area contributed by atoms with E-state index in [9.17, 15) is 14.9 Å². The van der Waals surface area contributed by atoms with Gasteiger partial charge in [-0.2, -0.15) is 0 Å². The maximum absolute atomic E-state index is 12.6. The Labute approximate surface area is 128 Å². The lowest BCUT2D eigenvalue weighted by atomic mass is 10.0. The second-order valence-electron chi connectivity index (χ2n) is 5.61. The number of hydrogen-bond acceptors (Lipinski definition) is 5. The van der Waals surface area contributed by atoms with Crippen LogP contribution in [0.4, 0.5) is 11.4 Å². The molecule has 0 bridgehead atoms. The normalized spacial score (nSPS) is 18.8. The summed E-state index contributed by atoms with van der Waals surface area (Å²) in [7, 11) is 0. The molecule has 0 atom stereocenters. The molecule has 0 N–H and O–H groups in total. The predicted molar refractivity (Wildman–Crippen MR) is 81.0 cm³/mol. The molecule has 0 aliphatic carbocycles. The van der Waals surface area contributed by atoms with Crippen molar-refractivity contribution < 1.29 is 14.5 Å². The molecule has 1 aromatic carbocycles. The van der Waals surface area contributed by atoms with E-state index in [1.807, 2.05) is 0 Å². The van der Waals surface area contributed by atoms with Gasteiger partial charge in [-0.25, -0.2) is 0 Å². The van der Waals surface area contributed by atoms with Gasteiger partial charge in [0.05, 0.1) is 30.4 Å². The molecule has 0 radical (unpaired) electrons. The van der Waals surface area contributed by atoms with Crippen LogP contribution in [0.3, 0.4) is 0 Å². The third-order valence-electron chi connectivity index (χ3n) is 4.16. The van der Waals surface area contributed by atoms with Gasteiger partial charge in [-0.15, -0.1) is 0 Å². The highest BCUT2D eigenvalue weighted by atomic mass is 16.6. The molecule has 7 heteroatoms. The van der Waals surface area contributed by atoms with Gasteiger partial charge in [-0.05, 0) is 18.4 Å². The number of nitrogens with zero attached hydrogens (tertiary/aromatic N) is 3. The van der Waals surface area contributed by atoms with Gasteiger partial charge in [-0.3, -0.25) is 19.8 Å². The Morgan fingerprint density at radius 2 is 2.05 bits per heavy atom. The molecule has 2 heterocycles. The Balaban J connectivity index is 1.78. The minimum absolute atomic E-state index is 0.00310. The van der Waals surface area contributed by atoms with Gasteiger partial charge >= 0.3 is 0 Å². The fourth-order valence-electron chi connectivity index (χ4n) is 2.97. The highest BCUT2D eigenvalue weighted by molar-refractivity contribution is 5.96. The molecular formula is C15H19N3O4. The topological polar surface area (TPSA) is 75.9 Å². The minimum Gasteiger partial charge on any atom is -0.379 e. The third kappa shape index (κ3) is 3.10. The van der Waals surface area contributed by atoms with Crippen molar-refractivity contribution in [2.24, 2.45) is 0 Å². The maximum Gasteiger partial charge on any atom is 0.271 e. The number of ether oxygens (including phenoxy) is 1. The summed E-state index contributed by atoms with van der Waals surface area (Å²) in [4.78, 5) is 26.9. The second-order valence-corrected chi connectivity index (χ2v) is 5.61. The lowest BCUT2D eigenvalue weighted by Gasteiger charge is -2.32. The maximum atomic E-state index is 12.6. The van der Waals surface area contributed by atoms with E-state index in [2.05, 4.69) is 4.90 Å². The molecule has 2 aliphatic rings. The summed E-state index contributed by atoms with van der Waals surface area (Å²) in [5.74, 6) is 0.00310. The van der Waals surface area contributed by atoms with E-state index in [0.717, 1.165) is 31.5 Å². The first-order chi connectivity index (χ1) is 10.6. The number of anilines is 1. The van der Waals surface area contributed by atoms with Crippen LogP contribution in [0.5, 0.6) is 0 Å². The van der Waals surface area contributed by atoms with Crippen LogP contribution in [0.15, 0.2) is 18.2 Å². The fraction of sp³-hybridized carbons (Fsp3) is 0.533. The number of nitro benzene ring substituents is 1. The Morgan fingerprint density at radius 1 is 1.27 bits per heavy atom. The number of carbonyl (C=O) groups is 1. The van der Waals surface area contributed by atoms with E-state index in [1.165, 1.54) is 12.1 Å². The molecule has 3 rings (SSSR count). The zero-order valence-electron chi connectivity index (χ0n) is 12.4. The molecule has 2 aliphatic heterocycles. The van der Waals surface area contributed by atoms with Crippen molar-refractivity contribution in [1.29, 1.82) is 0 Å². The number of morpholine rings is 1. The Morgan fingerprint density at radius 3 is 2.77 bits per heavy atom. The largest absolute Gasteiger partial charge is 0.379 e. The molecular weight excluding hydrogens is 286 g/mol. The zero-order valence-corrected chi connectivity index (χ0v) is 12.4. The number of non-ortho nitro benzene ring substituents is 1. The summed E-state index contributed by atoms with van der Waals surface area (Å²) >= 11 is 0. The number of fused-ring (bicyclic) bond motifs is 1. The number of benzene rings is 1.